The first-order chi connectivity index (χ1) is 12.6. The van der Waals surface area contributed by atoms with E-state index in [0.29, 0.717) is 19.8 Å². The molecule has 0 unspecified atom stereocenters. The summed E-state index contributed by atoms with van der Waals surface area (Å²) in [4.78, 5) is 14.1. The van der Waals surface area contributed by atoms with Crippen LogP contribution in [0.2, 0.25) is 0 Å². The van der Waals surface area contributed by atoms with Gasteiger partial charge in [-0.05, 0) is 30.5 Å². The van der Waals surface area contributed by atoms with Crippen molar-refractivity contribution in [2.24, 2.45) is 0 Å². The second-order valence-electron chi connectivity index (χ2n) is 7.60. The summed E-state index contributed by atoms with van der Waals surface area (Å²) in [5.41, 5.74) is 0.967. The van der Waals surface area contributed by atoms with Gasteiger partial charge in [-0.1, -0.05) is 18.9 Å². The molecule has 1 N–H and O–H groups in total. The van der Waals surface area contributed by atoms with Gasteiger partial charge in [0, 0.05) is 26.6 Å². The second kappa shape index (κ2) is 7.45. The minimum absolute atomic E-state index is 0.0313. The van der Waals surface area contributed by atoms with Gasteiger partial charge in [0.25, 0.3) is 0 Å². The predicted molar refractivity (Wildman–Crippen MR) is 97.5 cm³/mol. The van der Waals surface area contributed by atoms with Crippen LogP contribution in [0.1, 0.15) is 38.2 Å². The topological polar surface area (TPSA) is 60.0 Å². The molecule has 1 saturated heterocycles. The largest absolute Gasteiger partial charge is 0.486 e. The number of fused-ring (bicyclic) bond motifs is 1. The Bertz CT molecular complexity index is 661. The minimum Gasteiger partial charge on any atom is -0.486 e. The highest BCUT2D eigenvalue weighted by Gasteiger charge is 2.45. The van der Waals surface area contributed by atoms with Crippen molar-refractivity contribution in [3.8, 4) is 11.5 Å². The fraction of sp³-hybridized carbons (Fsp3) is 0.650. The van der Waals surface area contributed by atoms with Crippen LogP contribution < -0.4 is 14.8 Å². The Hall–Kier alpha value is -1.79. The number of carbonyl (C=O) groups is 1. The number of nitrogens with zero attached hydrogens (tertiary/aromatic N) is 1. The normalized spacial score (nSPS) is 28.7. The summed E-state index contributed by atoms with van der Waals surface area (Å²) < 4.78 is 17.6. The molecule has 142 valence electrons. The fourth-order valence-corrected chi connectivity index (χ4v) is 4.48. The molecule has 2 aliphatic heterocycles. The third kappa shape index (κ3) is 3.67. The van der Waals surface area contributed by atoms with Crippen LogP contribution in [0.4, 0.5) is 0 Å². The minimum atomic E-state index is -0.254. The van der Waals surface area contributed by atoms with Crippen LogP contribution in [-0.2, 0) is 16.1 Å². The maximum absolute atomic E-state index is 11.6. The SMILES string of the molecule is CC(=O)N[C@H]1CCCC[C@]12CN(Cc1ccc3c(c1)OCCO3)CCO2. The zero-order chi connectivity index (χ0) is 18.0. The quantitative estimate of drug-likeness (QED) is 0.895. The van der Waals surface area contributed by atoms with Crippen LogP contribution >= 0.6 is 0 Å². The molecule has 2 fully saturated rings. The zero-order valence-corrected chi connectivity index (χ0v) is 15.5. The maximum Gasteiger partial charge on any atom is 0.217 e. The monoisotopic (exact) mass is 360 g/mol. The molecule has 1 aromatic rings. The summed E-state index contributed by atoms with van der Waals surface area (Å²) in [7, 11) is 0. The molecular weight excluding hydrogens is 332 g/mol. The average Bonchev–Trinajstić information content (AvgIpc) is 2.64. The van der Waals surface area contributed by atoms with E-state index in [0.717, 1.165) is 56.8 Å². The first kappa shape index (κ1) is 17.6. The molecule has 1 amide bonds. The fourth-order valence-electron chi connectivity index (χ4n) is 4.48. The lowest BCUT2D eigenvalue weighted by molar-refractivity contribution is -0.150. The van der Waals surface area contributed by atoms with E-state index in [9.17, 15) is 4.79 Å². The molecule has 0 bridgehead atoms. The molecule has 6 heteroatoms. The Balaban J connectivity index is 1.47. The van der Waals surface area contributed by atoms with E-state index in [1.54, 1.807) is 6.92 Å². The lowest BCUT2D eigenvalue weighted by atomic mass is 9.78. The summed E-state index contributed by atoms with van der Waals surface area (Å²) in [5.74, 6) is 1.70. The summed E-state index contributed by atoms with van der Waals surface area (Å²) >= 11 is 0. The Morgan fingerprint density at radius 2 is 2.08 bits per heavy atom. The number of amides is 1. The highest BCUT2D eigenvalue weighted by Crippen LogP contribution is 2.36. The molecule has 0 radical (unpaired) electrons. The lowest BCUT2D eigenvalue weighted by Gasteiger charge is -2.49. The Kier molecular flexibility index (Phi) is 5.05. The molecule has 3 aliphatic rings. The number of nitrogens with one attached hydrogen (secondary N) is 1. The van der Waals surface area contributed by atoms with E-state index in [2.05, 4.69) is 22.3 Å². The van der Waals surface area contributed by atoms with Crippen molar-refractivity contribution in [3.63, 3.8) is 0 Å². The molecule has 2 heterocycles. The van der Waals surface area contributed by atoms with E-state index in [1.165, 1.54) is 5.56 Å². The van der Waals surface area contributed by atoms with Crippen molar-refractivity contribution < 1.29 is 19.0 Å². The van der Waals surface area contributed by atoms with E-state index in [-0.39, 0.29) is 17.6 Å². The molecule has 26 heavy (non-hydrogen) atoms. The third-order valence-corrected chi connectivity index (χ3v) is 5.66. The number of benzene rings is 1. The smallest absolute Gasteiger partial charge is 0.217 e. The van der Waals surface area contributed by atoms with Crippen LogP contribution in [0.5, 0.6) is 11.5 Å². The number of morpholine rings is 1. The lowest BCUT2D eigenvalue weighted by Crippen LogP contribution is -2.63. The van der Waals surface area contributed by atoms with Crippen molar-refractivity contribution in [2.45, 2.75) is 50.8 Å². The Labute approximate surface area is 154 Å². The van der Waals surface area contributed by atoms with Crippen molar-refractivity contribution >= 4 is 5.91 Å². The van der Waals surface area contributed by atoms with Gasteiger partial charge in [-0.25, -0.2) is 0 Å². The second-order valence-corrected chi connectivity index (χ2v) is 7.60. The molecule has 1 spiro atoms. The summed E-state index contributed by atoms with van der Waals surface area (Å²) in [6.45, 7) is 6.14. The van der Waals surface area contributed by atoms with Crippen LogP contribution in [0.15, 0.2) is 18.2 Å². The van der Waals surface area contributed by atoms with Gasteiger partial charge >= 0.3 is 0 Å². The van der Waals surface area contributed by atoms with Crippen molar-refractivity contribution in [1.29, 1.82) is 0 Å². The summed E-state index contributed by atoms with van der Waals surface area (Å²) in [6, 6.07) is 6.31. The molecule has 1 aliphatic carbocycles. The van der Waals surface area contributed by atoms with Crippen LogP contribution in [0, 0.1) is 0 Å². The molecular formula is C20H28N2O4. The molecule has 2 atom stereocenters. The van der Waals surface area contributed by atoms with Gasteiger partial charge in [-0.2, -0.15) is 0 Å². The molecule has 1 aromatic carbocycles. The molecule has 0 aromatic heterocycles. The summed E-state index contributed by atoms with van der Waals surface area (Å²) in [6.07, 6.45) is 4.32. The average molecular weight is 360 g/mol. The zero-order valence-electron chi connectivity index (χ0n) is 15.5. The van der Waals surface area contributed by atoms with E-state index in [1.807, 2.05) is 6.07 Å². The highest BCUT2D eigenvalue weighted by atomic mass is 16.6. The number of hydrogen-bond acceptors (Lipinski definition) is 5. The van der Waals surface area contributed by atoms with Gasteiger partial charge < -0.3 is 19.5 Å². The van der Waals surface area contributed by atoms with Crippen LogP contribution in [0.25, 0.3) is 0 Å². The third-order valence-electron chi connectivity index (χ3n) is 5.66. The van der Waals surface area contributed by atoms with Gasteiger partial charge in [0.2, 0.25) is 5.91 Å². The number of ether oxygens (including phenoxy) is 3. The number of hydrogen-bond donors (Lipinski definition) is 1. The van der Waals surface area contributed by atoms with Crippen LogP contribution in [0.3, 0.4) is 0 Å². The van der Waals surface area contributed by atoms with Gasteiger partial charge in [0.1, 0.15) is 18.8 Å². The van der Waals surface area contributed by atoms with E-state index < -0.39 is 0 Å². The van der Waals surface area contributed by atoms with Crippen molar-refractivity contribution in [2.75, 3.05) is 32.9 Å². The molecule has 4 rings (SSSR count). The van der Waals surface area contributed by atoms with E-state index in [4.69, 9.17) is 14.2 Å². The van der Waals surface area contributed by atoms with Crippen molar-refractivity contribution in [1.82, 2.24) is 10.2 Å². The van der Waals surface area contributed by atoms with Gasteiger partial charge in [-0.3, -0.25) is 9.69 Å². The Morgan fingerprint density at radius 1 is 1.23 bits per heavy atom. The predicted octanol–water partition coefficient (Wildman–Crippen LogP) is 2.11. The van der Waals surface area contributed by atoms with E-state index >= 15 is 0 Å². The Morgan fingerprint density at radius 3 is 2.92 bits per heavy atom. The number of carbonyl (C=O) groups excluding carboxylic acids is 1. The first-order valence-corrected chi connectivity index (χ1v) is 9.67. The molecule has 1 saturated carbocycles. The molecule has 6 nitrogen and oxygen atoms in total. The summed E-state index contributed by atoms with van der Waals surface area (Å²) in [5, 5.41) is 3.14. The first-order valence-electron chi connectivity index (χ1n) is 9.67. The standard InChI is InChI=1S/C20H28N2O4/c1-15(23)21-19-4-2-3-7-20(19)14-22(8-9-26-20)13-16-5-6-17-18(12-16)25-11-10-24-17/h5-6,12,19H,2-4,7-11,13-14H2,1H3,(H,21,23)/t19-,20-/m0/s1. The van der Waals surface area contributed by atoms with Crippen molar-refractivity contribution in [3.05, 3.63) is 23.8 Å². The number of rotatable bonds is 3. The highest BCUT2D eigenvalue weighted by molar-refractivity contribution is 5.73. The van der Waals surface area contributed by atoms with Gasteiger partial charge in [-0.15, -0.1) is 0 Å². The van der Waals surface area contributed by atoms with Gasteiger partial charge in [0.15, 0.2) is 11.5 Å². The van der Waals surface area contributed by atoms with Crippen LogP contribution in [-0.4, -0.2) is 55.4 Å². The van der Waals surface area contributed by atoms with Gasteiger partial charge in [0.05, 0.1) is 12.6 Å². The maximum atomic E-state index is 11.6.